The van der Waals surface area contributed by atoms with E-state index in [4.69, 9.17) is 0 Å². The Labute approximate surface area is 181 Å². The molecule has 31 heavy (non-hydrogen) atoms. The Morgan fingerprint density at radius 2 is 1.94 bits per heavy atom. The van der Waals surface area contributed by atoms with Crippen molar-refractivity contribution in [3.8, 4) is 5.13 Å². The summed E-state index contributed by atoms with van der Waals surface area (Å²) in [6.45, 7) is 4.17. The molecule has 0 saturated heterocycles. The summed E-state index contributed by atoms with van der Waals surface area (Å²) in [5.74, 6) is 0.145. The number of para-hydroxylation sites is 2. The lowest BCUT2D eigenvalue weighted by Gasteiger charge is -2.32. The van der Waals surface area contributed by atoms with Gasteiger partial charge in [0.05, 0.1) is 16.4 Å². The zero-order valence-corrected chi connectivity index (χ0v) is 17.2. The first-order valence-electron chi connectivity index (χ1n) is 9.90. The third kappa shape index (κ3) is 2.33. The smallest absolute Gasteiger partial charge is 0.243 e. The summed E-state index contributed by atoms with van der Waals surface area (Å²) < 4.78 is 2.66. The lowest BCUT2D eigenvalue weighted by Crippen LogP contribution is -2.46. The first-order valence-corrected chi connectivity index (χ1v) is 10.7. The van der Waals surface area contributed by atoms with Gasteiger partial charge in [0.15, 0.2) is 0 Å². The van der Waals surface area contributed by atoms with E-state index < -0.39 is 5.41 Å². The minimum atomic E-state index is -1.10. The second-order valence-electron chi connectivity index (χ2n) is 7.63. The van der Waals surface area contributed by atoms with Crippen molar-refractivity contribution >= 4 is 44.9 Å². The number of carbonyl (C=O) groups is 2. The average Bonchev–Trinajstić information content (AvgIpc) is 3.45. The number of nitrogens with one attached hydrogen (secondary N) is 1. The van der Waals surface area contributed by atoms with E-state index in [0.29, 0.717) is 23.1 Å². The van der Waals surface area contributed by atoms with Gasteiger partial charge < -0.3 is 10.2 Å². The molecule has 7 nitrogen and oxygen atoms in total. The Balaban J connectivity index is 1.59. The normalized spacial score (nSPS) is 19.5. The standard InChI is InChI=1S/C23H17N5O2S/c1-2-11-27-17-9-5-3-7-14(17)23(21(27)30)12-19(29)26-20-15(23)13-24-28(20)22-25-16-8-4-6-10-18(16)31-22/h2-10,13H,1,11-12H2,(H,26,29). The first kappa shape index (κ1) is 18.0. The molecule has 0 saturated carbocycles. The van der Waals surface area contributed by atoms with Crippen LogP contribution in [0.15, 0.2) is 67.4 Å². The molecule has 1 atom stereocenters. The SMILES string of the molecule is C=CCN1C(=O)C2(CC(=O)Nc3c2cnn3-c2nc3ccccc3s2)c2ccccc21. The van der Waals surface area contributed by atoms with Gasteiger partial charge in [-0.05, 0) is 23.8 Å². The zero-order valence-electron chi connectivity index (χ0n) is 16.4. The van der Waals surface area contributed by atoms with Gasteiger partial charge in [-0.15, -0.1) is 6.58 Å². The maximum absolute atomic E-state index is 13.8. The van der Waals surface area contributed by atoms with Crippen molar-refractivity contribution in [2.75, 3.05) is 16.8 Å². The minimum absolute atomic E-state index is 0.0367. The molecule has 4 aromatic rings. The lowest BCUT2D eigenvalue weighted by atomic mass is 9.72. The van der Waals surface area contributed by atoms with Gasteiger partial charge in [-0.25, -0.2) is 4.98 Å². The fourth-order valence-electron chi connectivity index (χ4n) is 4.66. The van der Waals surface area contributed by atoms with Gasteiger partial charge in [0.25, 0.3) is 0 Å². The maximum Gasteiger partial charge on any atom is 0.243 e. The van der Waals surface area contributed by atoms with Gasteiger partial charge in [-0.2, -0.15) is 9.78 Å². The average molecular weight is 427 g/mol. The number of fused-ring (bicyclic) bond motifs is 5. The molecule has 2 aliphatic rings. The largest absolute Gasteiger partial charge is 0.310 e. The molecule has 0 radical (unpaired) electrons. The quantitative estimate of drug-likeness (QED) is 0.506. The molecular weight excluding hydrogens is 410 g/mol. The van der Waals surface area contributed by atoms with Gasteiger partial charge in [0.1, 0.15) is 11.2 Å². The van der Waals surface area contributed by atoms with Crippen LogP contribution < -0.4 is 10.2 Å². The van der Waals surface area contributed by atoms with Gasteiger partial charge >= 0.3 is 0 Å². The number of hydrogen-bond acceptors (Lipinski definition) is 5. The summed E-state index contributed by atoms with van der Waals surface area (Å²) in [5.41, 5.74) is 2.08. The highest BCUT2D eigenvalue weighted by molar-refractivity contribution is 7.20. The van der Waals surface area contributed by atoms with Crippen LogP contribution in [0.1, 0.15) is 17.5 Å². The van der Waals surface area contributed by atoms with E-state index in [2.05, 4.69) is 22.0 Å². The minimum Gasteiger partial charge on any atom is -0.310 e. The number of aromatic nitrogens is 3. The van der Waals surface area contributed by atoms with Crippen molar-refractivity contribution in [3.63, 3.8) is 0 Å². The molecule has 1 N–H and O–H groups in total. The molecule has 1 spiro atoms. The van der Waals surface area contributed by atoms with Crippen LogP contribution in [-0.2, 0) is 15.0 Å². The van der Waals surface area contributed by atoms with Crippen LogP contribution in [0.2, 0.25) is 0 Å². The molecule has 1 unspecified atom stereocenters. The lowest BCUT2D eigenvalue weighted by molar-refractivity contribution is -0.126. The van der Waals surface area contributed by atoms with Gasteiger partial charge in [0, 0.05) is 24.2 Å². The number of thiazole rings is 1. The van der Waals surface area contributed by atoms with Gasteiger partial charge in [-0.3, -0.25) is 9.59 Å². The molecule has 0 bridgehead atoms. The Morgan fingerprint density at radius 1 is 1.13 bits per heavy atom. The summed E-state index contributed by atoms with van der Waals surface area (Å²) in [5, 5.41) is 8.13. The summed E-state index contributed by atoms with van der Waals surface area (Å²) in [6.07, 6.45) is 3.42. The molecule has 2 amide bonds. The number of rotatable bonds is 3. The van der Waals surface area contributed by atoms with Crippen molar-refractivity contribution in [1.29, 1.82) is 0 Å². The van der Waals surface area contributed by atoms with E-state index >= 15 is 0 Å². The molecular formula is C23H17N5O2S. The third-order valence-corrected chi connectivity index (χ3v) is 6.96. The number of amides is 2. The van der Waals surface area contributed by atoms with Crippen LogP contribution in [0.25, 0.3) is 15.3 Å². The second kappa shape index (κ2) is 6.36. The molecule has 0 aliphatic carbocycles. The van der Waals surface area contributed by atoms with E-state index in [0.717, 1.165) is 21.5 Å². The highest BCUT2D eigenvalue weighted by atomic mass is 32.1. The van der Waals surface area contributed by atoms with E-state index in [-0.39, 0.29) is 18.2 Å². The third-order valence-electron chi connectivity index (χ3n) is 5.95. The molecule has 4 heterocycles. The first-order chi connectivity index (χ1) is 15.1. The number of benzene rings is 2. The van der Waals surface area contributed by atoms with E-state index in [1.165, 1.54) is 11.3 Å². The predicted octanol–water partition coefficient (Wildman–Crippen LogP) is 3.64. The molecule has 2 aromatic heterocycles. The molecule has 6 rings (SSSR count). The van der Waals surface area contributed by atoms with E-state index in [1.54, 1.807) is 21.9 Å². The van der Waals surface area contributed by atoms with Gasteiger partial charge in [-0.1, -0.05) is 47.7 Å². The Hall–Kier alpha value is -3.78. The monoisotopic (exact) mass is 427 g/mol. The van der Waals surface area contributed by atoms with Crippen LogP contribution in [-0.4, -0.2) is 33.1 Å². The summed E-state index contributed by atoms with van der Waals surface area (Å²) in [4.78, 5) is 33.0. The predicted molar refractivity (Wildman–Crippen MR) is 120 cm³/mol. The van der Waals surface area contributed by atoms with Crippen molar-refractivity contribution in [2.24, 2.45) is 0 Å². The van der Waals surface area contributed by atoms with Crippen molar-refractivity contribution in [3.05, 3.63) is 78.5 Å². The molecule has 0 fully saturated rings. The van der Waals surface area contributed by atoms with Crippen molar-refractivity contribution in [1.82, 2.24) is 14.8 Å². The summed E-state index contributed by atoms with van der Waals surface area (Å²) in [7, 11) is 0. The summed E-state index contributed by atoms with van der Waals surface area (Å²) in [6, 6.07) is 15.5. The Morgan fingerprint density at radius 3 is 2.77 bits per heavy atom. The van der Waals surface area contributed by atoms with Crippen LogP contribution in [0, 0.1) is 0 Å². The van der Waals surface area contributed by atoms with Crippen molar-refractivity contribution < 1.29 is 9.59 Å². The highest BCUT2D eigenvalue weighted by Crippen LogP contribution is 2.52. The molecule has 2 aromatic carbocycles. The zero-order chi connectivity index (χ0) is 21.2. The molecule has 8 heteroatoms. The fourth-order valence-corrected chi connectivity index (χ4v) is 5.59. The van der Waals surface area contributed by atoms with Crippen LogP contribution >= 0.6 is 11.3 Å². The second-order valence-corrected chi connectivity index (χ2v) is 8.64. The highest BCUT2D eigenvalue weighted by Gasteiger charge is 2.56. The maximum atomic E-state index is 13.8. The molecule has 152 valence electrons. The topological polar surface area (TPSA) is 80.1 Å². The Kier molecular flexibility index (Phi) is 3.70. The number of nitrogens with zero attached hydrogens (tertiary/aromatic N) is 4. The molecule has 2 aliphatic heterocycles. The van der Waals surface area contributed by atoms with E-state index in [1.807, 2.05) is 48.5 Å². The van der Waals surface area contributed by atoms with Crippen LogP contribution in [0.4, 0.5) is 11.5 Å². The fraction of sp³-hybridized carbons (Fsp3) is 0.130. The Bertz CT molecular complexity index is 1370. The van der Waals surface area contributed by atoms with Crippen LogP contribution in [0.5, 0.6) is 0 Å². The number of hydrogen-bond donors (Lipinski definition) is 1. The number of carbonyl (C=O) groups excluding carboxylic acids is 2. The summed E-state index contributed by atoms with van der Waals surface area (Å²) >= 11 is 1.48. The van der Waals surface area contributed by atoms with E-state index in [9.17, 15) is 9.59 Å². The van der Waals surface area contributed by atoms with Gasteiger partial charge in [0.2, 0.25) is 16.9 Å². The number of anilines is 2. The van der Waals surface area contributed by atoms with Crippen LogP contribution in [0.3, 0.4) is 0 Å². The van der Waals surface area contributed by atoms with Crippen molar-refractivity contribution in [2.45, 2.75) is 11.8 Å².